The lowest BCUT2D eigenvalue weighted by molar-refractivity contribution is 1.05. The second kappa shape index (κ2) is 7.21. The van der Waals surface area contributed by atoms with Crippen LogP contribution in [0.2, 0.25) is 0 Å². The maximum atomic E-state index is 5.69. The first-order valence-electron chi connectivity index (χ1n) is 4.80. The van der Waals surface area contributed by atoms with E-state index >= 15 is 0 Å². The number of allylic oxidation sites excluding steroid dienone is 1. The van der Waals surface area contributed by atoms with Gasteiger partial charge in [-0.15, -0.1) is 35.0 Å². The summed E-state index contributed by atoms with van der Waals surface area (Å²) in [6.45, 7) is 2.06. The molecule has 0 nitrogen and oxygen atoms in total. The standard InChI is InChI=1S/C12H14Cl2S/c1-10(9-12(13)14)7-8-15-11-5-3-2-4-6-11/h2-7,12H,8-9H2,1H3/b10-7+. The highest BCUT2D eigenvalue weighted by molar-refractivity contribution is 7.99. The van der Waals surface area contributed by atoms with Crippen LogP contribution in [0.25, 0.3) is 0 Å². The number of rotatable bonds is 5. The molecule has 15 heavy (non-hydrogen) atoms. The van der Waals surface area contributed by atoms with Crippen molar-refractivity contribution < 1.29 is 0 Å². The average molecular weight is 261 g/mol. The molecule has 0 aliphatic rings. The number of hydrogen-bond acceptors (Lipinski definition) is 1. The van der Waals surface area contributed by atoms with E-state index < -0.39 is 0 Å². The maximum Gasteiger partial charge on any atom is 0.111 e. The summed E-state index contributed by atoms with van der Waals surface area (Å²) in [6, 6.07) is 10.3. The molecule has 0 saturated heterocycles. The molecular weight excluding hydrogens is 247 g/mol. The van der Waals surface area contributed by atoms with Crippen LogP contribution in [0.5, 0.6) is 0 Å². The smallest absolute Gasteiger partial charge is 0.111 e. The van der Waals surface area contributed by atoms with E-state index in [2.05, 4.69) is 25.1 Å². The number of thioether (sulfide) groups is 1. The molecule has 0 N–H and O–H groups in total. The van der Waals surface area contributed by atoms with E-state index in [1.165, 1.54) is 10.5 Å². The lowest BCUT2D eigenvalue weighted by Crippen LogP contribution is -1.88. The third-order valence-electron chi connectivity index (χ3n) is 1.90. The van der Waals surface area contributed by atoms with Crippen molar-refractivity contribution in [1.82, 2.24) is 0 Å². The van der Waals surface area contributed by atoms with Crippen molar-refractivity contribution in [2.45, 2.75) is 23.1 Å². The van der Waals surface area contributed by atoms with E-state index in [4.69, 9.17) is 23.2 Å². The van der Waals surface area contributed by atoms with Gasteiger partial charge in [0.25, 0.3) is 0 Å². The van der Waals surface area contributed by atoms with Crippen LogP contribution in [-0.2, 0) is 0 Å². The largest absolute Gasteiger partial charge is 0.122 e. The second-order valence-corrected chi connectivity index (χ2v) is 5.64. The molecule has 0 bridgehead atoms. The van der Waals surface area contributed by atoms with Crippen LogP contribution >= 0.6 is 35.0 Å². The van der Waals surface area contributed by atoms with Gasteiger partial charge in [0.15, 0.2) is 0 Å². The van der Waals surface area contributed by atoms with Gasteiger partial charge in [0.1, 0.15) is 4.84 Å². The molecule has 0 aliphatic heterocycles. The molecule has 0 saturated carbocycles. The Morgan fingerprint density at radius 3 is 2.60 bits per heavy atom. The fourth-order valence-corrected chi connectivity index (χ4v) is 2.52. The van der Waals surface area contributed by atoms with Gasteiger partial charge < -0.3 is 0 Å². The van der Waals surface area contributed by atoms with E-state index in [0.29, 0.717) is 0 Å². The topological polar surface area (TPSA) is 0 Å². The van der Waals surface area contributed by atoms with E-state index in [-0.39, 0.29) is 4.84 Å². The SMILES string of the molecule is C/C(=C\CSc1ccccc1)CC(Cl)Cl. The minimum atomic E-state index is -0.289. The Balaban J connectivity index is 2.32. The van der Waals surface area contributed by atoms with Crippen molar-refractivity contribution in [1.29, 1.82) is 0 Å². The summed E-state index contributed by atoms with van der Waals surface area (Å²) in [7, 11) is 0. The van der Waals surface area contributed by atoms with Gasteiger partial charge in [-0.2, -0.15) is 0 Å². The van der Waals surface area contributed by atoms with E-state index in [1.54, 1.807) is 0 Å². The van der Waals surface area contributed by atoms with Crippen LogP contribution in [-0.4, -0.2) is 10.6 Å². The maximum absolute atomic E-state index is 5.69. The fourth-order valence-electron chi connectivity index (χ4n) is 1.12. The second-order valence-electron chi connectivity index (χ2n) is 3.27. The monoisotopic (exact) mass is 260 g/mol. The lowest BCUT2D eigenvalue weighted by Gasteiger charge is -2.02. The molecule has 0 radical (unpaired) electrons. The van der Waals surface area contributed by atoms with E-state index in [1.807, 2.05) is 30.0 Å². The van der Waals surface area contributed by atoms with Crippen molar-refractivity contribution >= 4 is 35.0 Å². The Bertz CT molecular complexity index is 307. The van der Waals surface area contributed by atoms with Gasteiger partial charge >= 0.3 is 0 Å². The highest BCUT2D eigenvalue weighted by Gasteiger charge is 1.99. The fraction of sp³-hybridized carbons (Fsp3) is 0.333. The number of alkyl halides is 2. The van der Waals surface area contributed by atoms with Crippen molar-refractivity contribution in [3.63, 3.8) is 0 Å². The van der Waals surface area contributed by atoms with E-state index in [0.717, 1.165) is 12.2 Å². The van der Waals surface area contributed by atoms with Gasteiger partial charge in [-0.1, -0.05) is 29.8 Å². The zero-order valence-electron chi connectivity index (χ0n) is 8.62. The summed E-state index contributed by atoms with van der Waals surface area (Å²) >= 11 is 13.2. The summed E-state index contributed by atoms with van der Waals surface area (Å²) in [5.74, 6) is 0.969. The van der Waals surface area contributed by atoms with Gasteiger partial charge in [0.05, 0.1) is 0 Å². The van der Waals surface area contributed by atoms with Crippen molar-refractivity contribution in [3.8, 4) is 0 Å². The molecule has 0 aliphatic carbocycles. The average Bonchev–Trinajstić information content (AvgIpc) is 2.18. The first-order chi connectivity index (χ1) is 7.18. The molecule has 82 valence electrons. The zero-order valence-corrected chi connectivity index (χ0v) is 10.9. The predicted molar refractivity (Wildman–Crippen MR) is 71.0 cm³/mol. The Hall–Kier alpha value is -0.110. The normalized spacial score (nSPS) is 12.1. The molecule has 0 heterocycles. The minimum absolute atomic E-state index is 0.289. The first kappa shape index (κ1) is 13.0. The third-order valence-corrected chi connectivity index (χ3v) is 3.15. The highest BCUT2D eigenvalue weighted by atomic mass is 35.5. The van der Waals surface area contributed by atoms with Crippen molar-refractivity contribution in [2.75, 3.05) is 5.75 Å². The predicted octanol–water partition coefficient (Wildman–Crippen LogP) is 4.92. The third kappa shape index (κ3) is 6.14. The van der Waals surface area contributed by atoms with Gasteiger partial charge in [-0.3, -0.25) is 0 Å². The number of halogens is 2. The molecule has 0 amide bonds. The summed E-state index contributed by atoms with van der Waals surface area (Å²) in [5.41, 5.74) is 1.24. The molecule has 0 spiro atoms. The van der Waals surface area contributed by atoms with Crippen LogP contribution in [0.15, 0.2) is 46.9 Å². The Morgan fingerprint density at radius 2 is 2.00 bits per heavy atom. The summed E-state index contributed by atoms with van der Waals surface area (Å²) < 4.78 is 0. The minimum Gasteiger partial charge on any atom is -0.122 e. The van der Waals surface area contributed by atoms with Gasteiger partial charge in [0.2, 0.25) is 0 Å². The van der Waals surface area contributed by atoms with Crippen LogP contribution in [0.1, 0.15) is 13.3 Å². The number of benzene rings is 1. The summed E-state index contributed by atoms with van der Waals surface area (Å²) in [6.07, 6.45) is 2.92. The van der Waals surface area contributed by atoms with Crippen LogP contribution < -0.4 is 0 Å². The molecule has 1 rings (SSSR count). The van der Waals surface area contributed by atoms with Gasteiger partial charge in [-0.25, -0.2) is 0 Å². The van der Waals surface area contributed by atoms with Crippen LogP contribution in [0.4, 0.5) is 0 Å². The van der Waals surface area contributed by atoms with Gasteiger partial charge in [-0.05, 0) is 25.5 Å². The molecular formula is C12H14Cl2S. The molecule has 1 aromatic rings. The molecule has 0 aromatic heterocycles. The Kier molecular flexibility index (Phi) is 6.23. The Morgan fingerprint density at radius 1 is 1.33 bits per heavy atom. The highest BCUT2D eigenvalue weighted by Crippen LogP contribution is 2.19. The summed E-state index contributed by atoms with van der Waals surface area (Å²) in [4.78, 5) is 0.998. The van der Waals surface area contributed by atoms with Crippen LogP contribution in [0.3, 0.4) is 0 Å². The number of hydrogen-bond donors (Lipinski definition) is 0. The zero-order chi connectivity index (χ0) is 11.1. The molecule has 0 fully saturated rings. The lowest BCUT2D eigenvalue weighted by atomic mass is 10.2. The molecule has 3 heteroatoms. The van der Waals surface area contributed by atoms with Crippen molar-refractivity contribution in [3.05, 3.63) is 42.0 Å². The van der Waals surface area contributed by atoms with Crippen LogP contribution in [0, 0.1) is 0 Å². The molecule has 0 unspecified atom stereocenters. The van der Waals surface area contributed by atoms with E-state index in [9.17, 15) is 0 Å². The Labute approximate surface area is 106 Å². The quantitative estimate of drug-likeness (QED) is 0.412. The molecule has 1 aromatic carbocycles. The molecule has 0 atom stereocenters. The summed E-state index contributed by atoms with van der Waals surface area (Å²) in [5, 5.41) is 0. The first-order valence-corrected chi connectivity index (χ1v) is 6.66. The van der Waals surface area contributed by atoms with Crippen molar-refractivity contribution in [2.24, 2.45) is 0 Å². The van der Waals surface area contributed by atoms with Gasteiger partial charge in [0, 0.05) is 10.6 Å².